The first-order valence-electron chi connectivity index (χ1n) is 6.40. The van der Waals surface area contributed by atoms with Crippen LogP contribution in [0.25, 0.3) is 22.0 Å². The third kappa shape index (κ3) is 1.27. The van der Waals surface area contributed by atoms with Crippen LogP contribution in [0.3, 0.4) is 0 Å². The minimum atomic E-state index is -0.966. The molecule has 0 saturated heterocycles. The average Bonchev–Trinajstić information content (AvgIpc) is 2.45. The van der Waals surface area contributed by atoms with Gasteiger partial charge in [-0.1, -0.05) is 42.5 Å². The lowest BCUT2D eigenvalue weighted by atomic mass is 9.77. The van der Waals surface area contributed by atoms with E-state index >= 15 is 0 Å². The normalized spacial score (nSPS) is 20.3. The van der Waals surface area contributed by atoms with Gasteiger partial charge in [-0.3, -0.25) is 4.98 Å². The molecule has 0 bridgehead atoms. The van der Waals surface area contributed by atoms with Crippen molar-refractivity contribution < 1.29 is 5.11 Å². The number of rotatable bonds is 0. The summed E-state index contributed by atoms with van der Waals surface area (Å²) >= 11 is 0. The summed E-state index contributed by atoms with van der Waals surface area (Å²) in [6, 6.07) is 16.0. The molecule has 2 heteroatoms. The highest BCUT2D eigenvalue weighted by atomic mass is 16.3. The van der Waals surface area contributed by atoms with Crippen LogP contribution in [0.15, 0.2) is 54.7 Å². The number of pyridine rings is 1. The summed E-state index contributed by atoms with van der Waals surface area (Å²) in [4.78, 5) is 4.53. The van der Waals surface area contributed by atoms with Crippen LogP contribution in [-0.2, 0) is 5.60 Å². The summed E-state index contributed by atoms with van der Waals surface area (Å²) in [5, 5.41) is 13.1. The number of hydrogen-bond donors (Lipinski definition) is 1. The van der Waals surface area contributed by atoms with Crippen molar-refractivity contribution in [3.05, 3.63) is 65.9 Å². The lowest BCUT2D eigenvalue weighted by Gasteiger charge is -2.32. The number of nitrogens with zero attached hydrogens (tertiary/aromatic N) is 1. The third-order valence-corrected chi connectivity index (χ3v) is 4.02. The minimum Gasteiger partial charge on any atom is -0.381 e. The topological polar surface area (TPSA) is 33.1 Å². The van der Waals surface area contributed by atoms with E-state index in [4.69, 9.17) is 0 Å². The Bertz CT molecular complexity index is 800. The van der Waals surface area contributed by atoms with Gasteiger partial charge in [-0.15, -0.1) is 0 Å². The highest BCUT2D eigenvalue weighted by Gasteiger charge is 2.35. The number of fused-ring (bicyclic) bond motifs is 2. The van der Waals surface area contributed by atoms with Crippen molar-refractivity contribution in [3.8, 4) is 11.3 Å². The molecule has 0 amide bonds. The van der Waals surface area contributed by atoms with Crippen molar-refractivity contribution in [3.63, 3.8) is 0 Å². The van der Waals surface area contributed by atoms with E-state index in [1.165, 1.54) is 0 Å². The maximum Gasteiger partial charge on any atom is 0.113 e. The van der Waals surface area contributed by atoms with Crippen LogP contribution in [0, 0.1) is 0 Å². The second-order valence-electron chi connectivity index (χ2n) is 5.18. The zero-order valence-corrected chi connectivity index (χ0v) is 10.6. The van der Waals surface area contributed by atoms with E-state index in [-0.39, 0.29) is 0 Å². The van der Waals surface area contributed by atoms with Crippen LogP contribution in [0.4, 0.5) is 0 Å². The first kappa shape index (κ1) is 10.7. The molecule has 0 spiro atoms. The van der Waals surface area contributed by atoms with Gasteiger partial charge in [0.2, 0.25) is 0 Å². The number of benzene rings is 2. The molecule has 0 radical (unpaired) electrons. The summed E-state index contributed by atoms with van der Waals surface area (Å²) in [6.45, 7) is 1.86. The Labute approximate surface area is 111 Å². The quantitative estimate of drug-likeness (QED) is 0.660. The smallest absolute Gasteiger partial charge is 0.113 e. The molecule has 2 aromatic carbocycles. The minimum absolute atomic E-state index is 0.925. The highest BCUT2D eigenvalue weighted by Crippen LogP contribution is 2.45. The van der Waals surface area contributed by atoms with Crippen molar-refractivity contribution in [2.24, 2.45) is 0 Å². The van der Waals surface area contributed by atoms with Gasteiger partial charge in [0.15, 0.2) is 0 Å². The van der Waals surface area contributed by atoms with E-state index < -0.39 is 5.60 Å². The van der Waals surface area contributed by atoms with Crippen molar-refractivity contribution in [1.29, 1.82) is 0 Å². The van der Waals surface area contributed by atoms with Crippen molar-refractivity contribution >= 4 is 10.8 Å². The fourth-order valence-corrected chi connectivity index (χ4v) is 3.10. The van der Waals surface area contributed by atoms with Gasteiger partial charge in [0.1, 0.15) is 5.60 Å². The lowest BCUT2D eigenvalue weighted by Crippen LogP contribution is -2.27. The van der Waals surface area contributed by atoms with Gasteiger partial charge in [0, 0.05) is 17.1 Å². The molecule has 1 aromatic heterocycles. The molecule has 1 N–H and O–H groups in total. The number of aromatic nitrogens is 1. The molecule has 4 rings (SSSR count). The van der Waals surface area contributed by atoms with E-state index in [0.717, 1.165) is 33.2 Å². The Morgan fingerprint density at radius 1 is 0.947 bits per heavy atom. The Morgan fingerprint density at radius 2 is 1.74 bits per heavy atom. The second-order valence-corrected chi connectivity index (χ2v) is 5.18. The van der Waals surface area contributed by atoms with Crippen molar-refractivity contribution in [2.45, 2.75) is 12.5 Å². The Balaban J connectivity index is 2.28. The van der Waals surface area contributed by atoms with Crippen LogP contribution in [0.2, 0.25) is 0 Å². The van der Waals surface area contributed by atoms with Crippen molar-refractivity contribution in [2.75, 3.05) is 0 Å². The van der Waals surface area contributed by atoms with Crippen molar-refractivity contribution in [1.82, 2.24) is 4.98 Å². The van der Waals surface area contributed by atoms with Crippen LogP contribution in [0.1, 0.15) is 18.1 Å². The predicted octanol–water partition coefficient (Wildman–Crippen LogP) is 3.47. The molecule has 0 aliphatic heterocycles. The van der Waals surface area contributed by atoms with E-state index in [2.05, 4.69) is 11.1 Å². The van der Waals surface area contributed by atoms with Gasteiger partial charge in [-0.25, -0.2) is 0 Å². The summed E-state index contributed by atoms with van der Waals surface area (Å²) in [7, 11) is 0. The lowest BCUT2D eigenvalue weighted by molar-refractivity contribution is 0.104. The molecule has 0 saturated carbocycles. The standard InChI is InChI=1S/C17H13NO/c1-17(19)13-7-3-2-6-12(13)16-15-11(9-10-18-16)5-4-8-14(15)17/h2-10,19H,1H3. The Kier molecular flexibility index (Phi) is 1.93. The van der Waals surface area contributed by atoms with Crippen LogP contribution in [-0.4, -0.2) is 10.1 Å². The summed E-state index contributed by atoms with van der Waals surface area (Å²) < 4.78 is 0. The number of hydrogen-bond acceptors (Lipinski definition) is 2. The molecule has 0 fully saturated rings. The maximum absolute atomic E-state index is 11.0. The van der Waals surface area contributed by atoms with Gasteiger partial charge in [-0.05, 0) is 29.5 Å². The molecule has 1 unspecified atom stereocenters. The second kappa shape index (κ2) is 3.43. The first-order chi connectivity index (χ1) is 9.19. The number of aliphatic hydroxyl groups is 1. The van der Waals surface area contributed by atoms with Gasteiger partial charge < -0.3 is 5.11 Å². The molecule has 19 heavy (non-hydrogen) atoms. The summed E-state index contributed by atoms with van der Waals surface area (Å²) in [6.07, 6.45) is 1.83. The molecule has 2 nitrogen and oxygen atoms in total. The van der Waals surface area contributed by atoms with Crippen LogP contribution < -0.4 is 0 Å². The highest BCUT2D eigenvalue weighted by molar-refractivity contribution is 6.00. The largest absolute Gasteiger partial charge is 0.381 e. The van der Waals surface area contributed by atoms with E-state index in [9.17, 15) is 5.11 Å². The molecular formula is C17H13NO. The molecule has 92 valence electrons. The van der Waals surface area contributed by atoms with E-state index in [1.54, 1.807) is 0 Å². The molecule has 1 aliphatic carbocycles. The monoisotopic (exact) mass is 247 g/mol. The van der Waals surface area contributed by atoms with Gasteiger partial charge in [-0.2, -0.15) is 0 Å². The first-order valence-corrected chi connectivity index (χ1v) is 6.40. The molecular weight excluding hydrogens is 234 g/mol. The van der Waals surface area contributed by atoms with Crippen LogP contribution >= 0.6 is 0 Å². The average molecular weight is 247 g/mol. The third-order valence-electron chi connectivity index (χ3n) is 4.02. The molecule has 1 heterocycles. The predicted molar refractivity (Wildman–Crippen MR) is 75.9 cm³/mol. The van der Waals surface area contributed by atoms with Gasteiger partial charge >= 0.3 is 0 Å². The molecule has 1 aliphatic rings. The fraction of sp³-hybridized carbons (Fsp3) is 0.118. The molecule has 3 aromatic rings. The summed E-state index contributed by atoms with van der Waals surface area (Å²) in [5.41, 5.74) is 2.89. The fourth-order valence-electron chi connectivity index (χ4n) is 3.10. The van der Waals surface area contributed by atoms with Crippen LogP contribution in [0.5, 0.6) is 0 Å². The zero-order chi connectivity index (χ0) is 13.0. The summed E-state index contributed by atoms with van der Waals surface area (Å²) in [5.74, 6) is 0. The van der Waals surface area contributed by atoms with Gasteiger partial charge in [0.05, 0.1) is 5.69 Å². The van der Waals surface area contributed by atoms with E-state index in [1.807, 2.05) is 55.6 Å². The Morgan fingerprint density at radius 3 is 2.63 bits per heavy atom. The maximum atomic E-state index is 11.0. The Hall–Kier alpha value is -2.19. The zero-order valence-electron chi connectivity index (χ0n) is 10.6. The van der Waals surface area contributed by atoms with E-state index in [0.29, 0.717) is 0 Å². The molecule has 1 atom stereocenters. The SMILES string of the molecule is CC1(O)c2ccccc2-c2nccc3cccc1c23. The van der Waals surface area contributed by atoms with Gasteiger partial charge in [0.25, 0.3) is 0 Å².